The lowest BCUT2D eigenvalue weighted by molar-refractivity contribution is -0.146. The quantitative estimate of drug-likeness (QED) is 0.832. The van der Waals surface area contributed by atoms with Gasteiger partial charge in [-0.25, -0.2) is 9.97 Å². The Labute approximate surface area is 160 Å². The van der Waals surface area contributed by atoms with Crippen LogP contribution in [0.5, 0.6) is 5.75 Å². The number of carbonyl (C=O) groups excluding carboxylic acids is 1. The van der Waals surface area contributed by atoms with E-state index in [0.29, 0.717) is 6.54 Å². The highest BCUT2D eigenvalue weighted by Crippen LogP contribution is 2.30. The van der Waals surface area contributed by atoms with Gasteiger partial charge in [0.2, 0.25) is 0 Å². The van der Waals surface area contributed by atoms with Crippen molar-refractivity contribution in [2.24, 2.45) is 0 Å². The maximum Gasteiger partial charge on any atom is 0.266 e. The number of nitrogens with zero attached hydrogens (tertiary/aromatic N) is 3. The van der Waals surface area contributed by atoms with E-state index in [9.17, 15) is 4.79 Å². The van der Waals surface area contributed by atoms with Crippen molar-refractivity contribution in [3.05, 3.63) is 53.6 Å². The second-order valence-corrected chi connectivity index (χ2v) is 8.12. The molecule has 1 aromatic carbocycles. The van der Waals surface area contributed by atoms with Crippen molar-refractivity contribution in [1.29, 1.82) is 0 Å². The van der Waals surface area contributed by atoms with E-state index in [-0.39, 0.29) is 11.8 Å². The standard InChI is InChI=1S/C22H27N3O2/c1-22(2,27-19-9-8-16-5-3-6-17(16)13-19)21(26)25-12-4-7-18(14-25)20-10-11-23-15-24-20/h8-11,13,15,18H,3-7,12,14H2,1-2H3/t18-/m1/s1. The molecule has 2 aromatic rings. The molecule has 5 nitrogen and oxygen atoms in total. The average molecular weight is 365 g/mol. The molecule has 2 aliphatic rings. The predicted molar refractivity (Wildman–Crippen MR) is 104 cm³/mol. The summed E-state index contributed by atoms with van der Waals surface area (Å²) in [7, 11) is 0. The topological polar surface area (TPSA) is 55.3 Å². The summed E-state index contributed by atoms with van der Waals surface area (Å²) in [5.74, 6) is 1.10. The van der Waals surface area contributed by atoms with Crippen LogP contribution in [-0.2, 0) is 17.6 Å². The maximum absolute atomic E-state index is 13.2. The molecule has 0 bridgehead atoms. The Balaban J connectivity index is 1.45. The van der Waals surface area contributed by atoms with E-state index in [1.165, 1.54) is 17.5 Å². The highest BCUT2D eigenvalue weighted by Gasteiger charge is 2.37. The van der Waals surface area contributed by atoms with E-state index in [0.717, 1.165) is 43.7 Å². The number of carbonyl (C=O) groups is 1. The SMILES string of the molecule is CC(C)(Oc1ccc2c(c1)CCC2)C(=O)N1CCC[C@@H](c2ccncn2)C1. The first-order chi connectivity index (χ1) is 13.0. The number of aryl methyl sites for hydroxylation is 2. The van der Waals surface area contributed by atoms with E-state index < -0.39 is 5.60 Å². The third kappa shape index (κ3) is 3.82. The summed E-state index contributed by atoms with van der Waals surface area (Å²) >= 11 is 0. The summed E-state index contributed by atoms with van der Waals surface area (Å²) in [4.78, 5) is 23.5. The molecule has 1 aliphatic heterocycles. The molecule has 1 saturated heterocycles. The van der Waals surface area contributed by atoms with Crippen molar-refractivity contribution in [2.75, 3.05) is 13.1 Å². The van der Waals surface area contributed by atoms with Crippen molar-refractivity contribution >= 4 is 5.91 Å². The molecule has 4 rings (SSSR count). The Kier molecular flexibility index (Phi) is 4.85. The van der Waals surface area contributed by atoms with Crippen LogP contribution in [0.3, 0.4) is 0 Å². The second kappa shape index (κ2) is 7.29. The zero-order valence-corrected chi connectivity index (χ0v) is 16.1. The number of hydrogen-bond donors (Lipinski definition) is 0. The maximum atomic E-state index is 13.2. The van der Waals surface area contributed by atoms with Gasteiger partial charge in [-0.1, -0.05) is 6.07 Å². The van der Waals surface area contributed by atoms with Gasteiger partial charge >= 0.3 is 0 Å². The summed E-state index contributed by atoms with van der Waals surface area (Å²) in [5, 5.41) is 0. The molecular formula is C22H27N3O2. The number of piperidine rings is 1. The summed E-state index contributed by atoms with van der Waals surface area (Å²) in [6.07, 6.45) is 8.84. The largest absolute Gasteiger partial charge is 0.478 e. The number of ether oxygens (including phenoxy) is 1. The molecule has 2 heterocycles. The summed E-state index contributed by atoms with van der Waals surface area (Å²) in [6.45, 7) is 5.21. The lowest BCUT2D eigenvalue weighted by Gasteiger charge is -2.37. The van der Waals surface area contributed by atoms with Crippen LogP contribution in [0.25, 0.3) is 0 Å². The first-order valence-corrected chi connectivity index (χ1v) is 9.89. The molecule has 1 fully saturated rings. The van der Waals surface area contributed by atoms with Gasteiger partial charge in [-0.15, -0.1) is 0 Å². The minimum absolute atomic E-state index is 0.0433. The molecule has 27 heavy (non-hydrogen) atoms. The van der Waals surface area contributed by atoms with Crippen LogP contribution in [0.15, 0.2) is 36.8 Å². The van der Waals surface area contributed by atoms with Gasteiger partial charge in [-0.3, -0.25) is 4.79 Å². The summed E-state index contributed by atoms with van der Waals surface area (Å²) in [5.41, 5.74) is 2.90. The molecule has 0 saturated carbocycles. The fourth-order valence-electron chi connectivity index (χ4n) is 4.28. The number of amides is 1. The number of rotatable bonds is 4. The number of likely N-dealkylation sites (tertiary alicyclic amines) is 1. The first-order valence-electron chi connectivity index (χ1n) is 9.89. The zero-order chi connectivity index (χ0) is 18.9. The molecule has 1 amide bonds. The summed E-state index contributed by atoms with van der Waals surface area (Å²) < 4.78 is 6.17. The molecule has 1 aliphatic carbocycles. The number of benzene rings is 1. The first kappa shape index (κ1) is 18.0. The van der Waals surface area contributed by atoms with E-state index in [2.05, 4.69) is 22.1 Å². The predicted octanol–water partition coefficient (Wildman–Crippen LogP) is 3.53. The fourth-order valence-corrected chi connectivity index (χ4v) is 4.28. The highest BCUT2D eigenvalue weighted by atomic mass is 16.5. The lowest BCUT2D eigenvalue weighted by atomic mass is 9.93. The highest BCUT2D eigenvalue weighted by molar-refractivity contribution is 5.85. The number of hydrogen-bond acceptors (Lipinski definition) is 4. The molecule has 1 atom stereocenters. The molecular weight excluding hydrogens is 338 g/mol. The van der Waals surface area contributed by atoms with Gasteiger partial charge in [0.25, 0.3) is 5.91 Å². The smallest absolute Gasteiger partial charge is 0.266 e. The van der Waals surface area contributed by atoms with Crippen molar-refractivity contribution in [3.8, 4) is 5.75 Å². The van der Waals surface area contributed by atoms with Crippen LogP contribution in [0.4, 0.5) is 0 Å². The van der Waals surface area contributed by atoms with E-state index in [1.807, 2.05) is 30.9 Å². The van der Waals surface area contributed by atoms with E-state index in [1.54, 1.807) is 12.5 Å². The minimum Gasteiger partial charge on any atom is -0.478 e. The van der Waals surface area contributed by atoms with Crippen LogP contribution in [0.1, 0.15) is 55.8 Å². The second-order valence-electron chi connectivity index (χ2n) is 8.12. The normalized spacial score (nSPS) is 19.6. The van der Waals surface area contributed by atoms with Crippen molar-refractivity contribution < 1.29 is 9.53 Å². The van der Waals surface area contributed by atoms with Crippen molar-refractivity contribution in [2.45, 2.75) is 57.5 Å². The van der Waals surface area contributed by atoms with Crippen LogP contribution in [0.2, 0.25) is 0 Å². The Morgan fingerprint density at radius 1 is 1.19 bits per heavy atom. The van der Waals surface area contributed by atoms with Gasteiger partial charge in [0.05, 0.1) is 0 Å². The third-order valence-electron chi connectivity index (χ3n) is 5.69. The van der Waals surface area contributed by atoms with Crippen LogP contribution in [0, 0.1) is 0 Å². The van der Waals surface area contributed by atoms with Crippen LogP contribution in [-0.4, -0.2) is 39.5 Å². The number of fused-ring (bicyclic) bond motifs is 1. The van der Waals surface area contributed by atoms with Crippen LogP contribution < -0.4 is 4.74 Å². The molecule has 0 N–H and O–H groups in total. The minimum atomic E-state index is -0.888. The molecule has 0 unspecified atom stereocenters. The average Bonchev–Trinajstić information content (AvgIpc) is 3.15. The third-order valence-corrected chi connectivity index (χ3v) is 5.69. The van der Waals surface area contributed by atoms with Crippen LogP contribution >= 0.6 is 0 Å². The van der Waals surface area contributed by atoms with Gasteiger partial charge < -0.3 is 9.64 Å². The van der Waals surface area contributed by atoms with E-state index in [4.69, 9.17) is 4.74 Å². The van der Waals surface area contributed by atoms with Gasteiger partial charge in [-0.05, 0) is 75.3 Å². The lowest BCUT2D eigenvalue weighted by Crippen LogP contribution is -2.51. The van der Waals surface area contributed by atoms with Gasteiger partial charge in [0.15, 0.2) is 5.60 Å². The fraction of sp³-hybridized carbons (Fsp3) is 0.500. The number of aromatic nitrogens is 2. The van der Waals surface area contributed by atoms with Gasteiger partial charge in [0.1, 0.15) is 12.1 Å². The zero-order valence-electron chi connectivity index (χ0n) is 16.1. The molecule has 5 heteroatoms. The Morgan fingerprint density at radius 2 is 2.04 bits per heavy atom. The Morgan fingerprint density at radius 3 is 2.85 bits per heavy atom. The Bertz CT molecular complexity index is 820. The van der Waals surface area contributed by atoms with Gasteiger partial charge in [-0.2, -0.15) is 0 Å². The van der Waals surface area contributed by atoms with Crippen molar-refractivity contribution in [3.63, 3.8) is 0 Å². The molecule has 0 spiro atoms. The molecule has 1 aromatic heterocycles. The monoisotopic (exact) mass is 365 g/mol. The van der Waals surface area contributed by atoms with Gasteiger partial charge in [0, 0.05) is 30.9 Å². The summed E-state index contributed by atoms with van der Waals surface area (Å²) in [6, 6.07) is 8.20. The molecule has 142 valence electrons. The van der Waals surface area contributed by atoms with Crippen molar-refractivity contribution in [1.82, 2.24) is 14.9 Å². The Hall–Kier alpha value is -2.43. The molecule has 0 radical (unpaired) electrons. The van der Waals surface area contributed by atoms with E-state index >= 15 is 0 Å².